The van der Waals surface area contributed by atoms with E-state index in [1.54, 1.807) is 6.07 Å². The molecule has 0 aliphatic heterocycles. The van der Waals surface area contributed by atoms with Crippen molar-refractivity contribution < 1.29 is 4.74 Å². The molecule has 0 aliphatic rings. The number of benzene rings is 1. The second kappa shape index (κ2) is 7.10. The van der Waals surface area contributed by atoms with Crippen LogP contribution >= 0.6 is 11.6 Å². The first-order valence-electron chi connectivity index (χ1n) is 6.59. The summed E-state index contributed by atoms with van der Waals surface area (Å²) < 4.78 is 6.85. The van der Waals surface area contributed by atoms with E-state index in [1.165, 1.54) is 10.7 Å². The minimum Gasteiger partial charge on any atom is -0.477 e. The fourth-order valence-corrected chi connectivity index (χ4v) is 2.19. The first-order chi connectivity index (χ1) is 9.76. The Kier molecular flexibility index (Phi) is 5.18. The van der Waals surface area contributed by atoms with Gasteiger partial charge in [-0.25, -0.2) is 4.68 Å². The molecule has 0 N–H and O–H groups in total. The molecule has 0 fully saturated rings. The standard InChI is InChI=1S/C15H17ClN2O2/c1-2-10-20-14-8-9-15(19)18(17-14)13(11-16)12-6-4-3-5-7-12/h3-9,13H,2,10-11H2,1H3. The maximum absolute atomic E-state index is 12.0. The van der Waals surface area contributed by atoms with Gasteiger partial charge in [-0.15, -0.1) is 16.7 Å². The topological polar surface area (TPSA) is 44.1 Å². The SMILES string of the molecule is CCCOc1ccc(=O)n(C(CCl)c2ccccc2)n1. The third-order valence-electron chi connectivity index (χ3n) is 2.88. The highest BCUT2D eigenvalue weighted by Crippen LogP contribution is 2.18. The van der Waals surface area contributed by atoms with Crippen molar-refractivity contribution in [3.63, 3.8) is 0 Å². The summed E-state index contributed by atoms with van der Waals surface area (Å²) in [4.78, 5) is 12.0. The molecule has 1 atom stereocenters. The van der Waals surface area contributed by atoms with Crippen LogP contribution in [0, 0.1) is 0 Å². The van der Waals surface area contributed by atoms with Crippen LogP contribution in [0.1, 0.15) is 24.9 Å². The van der Waals surface area contributed by atoms with Gasteiger partial charge in [-0.1, -0.05) is 37.3 Å². The zero-order valence-corrected chi connectivity index (χ0v) is 12.1. The molecule has 1 unspecified atom stereocenters. The molecule has 4 nitrogen and oxygen atoms in total. The second-order valence-corrected chi connectivity index (χ2v) is 4.69. The lowest BCUT2D eigenvalue weighted by Crippen LogP contribution is -2.28. The Balaban J connectivity index is 2.36. The van der Waals surface area contributed by atoms with Crippen LogP contribution in [0.3, 0.4) is 0 Å². The number of rotatable bonds is 6. The summed E-state index contributed by atoms with van der Waals surface area (Å²) in [6.07, 6.45) is 0.887. The zero-order chi connectivity index (χ0) is 14.4. The summed E-state index contributed by atoms with van der Waals surface area (Å²) in [6, 6.07) is 12.4. The Labute approximate surface area is 123 Å². The number of halogens is 1. The maximum Gasteiger partial charge on any atom is 0.267 e. The Bertz CT molecular complexity index is 598. The fourth-order valence-electron chi connectivity index (χ4n) is 1.89. The first-order valence-corrected chi connectivity index (χ1v) is 7.13. The number of nitrogens with zero attached hydrogens (tertiary/aromatic N) is 2. The van der Waals surface area contributed by atoms with Gasteiger partial charge in [0.05, 0.1) is 12.6 Å². The Morgan fingerprint density at radius 1 is 1.25 bits per heavy atom. The van der Waals surface area contributed by atoms with Crippen molar-refractivity contribution in [3.8, 4) is 5.88 Å². The smallest absolute Gasteiger partial charge is 0.267 e. The van der Waals surface area contributed by atoms with E-state index >= 15 is 0 Å². The second-order valence-electron chi connectivity index (χ2n) is 4.38. The van der Waals surface area contributed by atoms with Gasteiger partial charge in [0.25, 0.3) is 5.56 Å². The van der Waals surface area contributed by atoms with E-state index in [2.05, 4.69) is 5.10 Å². The molecule has 0 spiro atoms. The number of hydrogen-bond donors (Lipinski definition) is 0. The first kappa shape index (κ1) is 14.6. The van der Waals surface area contributed by atoms with Crippen LogP contribution in [-0.2, 0) is 0 Å². The van der Waals surface area contributed by atoms with E-state index in [4.69, 9.17) is 16.3 Å². The molecule has 106 valence electrons. The van der Waals surface area contributed by atoms with Gasteiger partial charge in [0.15, 0.2) is 0 Å². The van der Waals surface area contributed by atoms with Gasteiger partial charge >= 0.3 is 0 Å². The molecule has 1 aromatic carbocycles. The third kappa shape index (κ3) is 3.39. The number of hydrogen-bond acceptors (Lipinski definition) is 3. The third-order valence-corrected chi connectivity index (χ3v) is 3.17. The molecular weight excluding hydrogens is 276 g/mol. The minimum atomic E-state index is -0.296. The largest absolute Gasteiger partial charge is 0.477 e. The van der Waals surface area contributed by atoms with E-state index < -0.39 is 0 Å². The molecular formula is C15H17ClN2O2. The van der Waals surface area contributed by atoms with Crippen LogP contribution in [0.2, 0.25) is 0 Å². The lowest BCUT2D eigenvalue weighted by atomic mass is 10.1. The lowest BCUT2D eigenvalue weighted by molar-refractivity contribution is 0.292. The highest BCUT2D eigenvalue weighted by molar-refractivity contribution is 6.18. The molecule has 0 amide bonds. The van der Waals surface area contributed by atoms with Crippen molar-refractivity contribution in [1.29, 1.82) is 0 Å². The van der Waals surface area contributed by atoms with Gasteiger partial charge in [0.2, 0.25) is 5.88 Å². The predicted octanol–water partition coefficient (Wildman–Crippen LogP) is 2.86. The van der Waals surface area contributed by atoms with Crippen molar-refractivity contribution >= 4 is 11.6 Å². The van der Waals surface area contributed by atoms with E-state index in [9.17, 15) is 4.79 Å². The Morgan fingerprint density at radius 2 is 2.00 bits per heavy atom. The zero-order valence-electron chi connectivity index (χ0n) is 11.3. The van der Waals surface area contributed by atoms with E-state index in [-0.39, 0.29) is 17.5 Å². The van der Waals surface area contributed by atoms with Gasteiger partial charge in [-0.3, -0.25) is 4.79 Å². The molecule has 0 aliphatic carbocycles. The maximum atomic E-state index is 12.0. The van der Waals surface area contributed by atoms with Gasteiger partial charge < -0.3 is 4.74 Å². The molecule has 5 heteroatoms. The van der Waals surface area contributed by atoms with Crippen LogP contribution in [0.5, 0.6) is 5.88 Å². The summed E-state index contributed by atoms with van der Waals surface area (Å²) in [5.41, 5.74) is 0.757. The summed E-state index contributed by atoms with van der Waals surface area (Å²) in [6.45, 7) is 2.59. The highest BCUT2D eigenvalue weighted by Gasteiger charge is 2.15. The van der Waals surface area contributed by atoms with Crippen LogP contribution in [-0.4, -0.2) is 22.3 Å². The van der Waals surface area contributed by atoms with Crippen LogP contribution in [0.25, 0.3) is 0 Å². The summed E-state index contributed by atoms with van der Waals surface area (Å²) in [7, 11) is 0. The monoisotopic (exact) mass is 292 g/mol. The van der Waals surface area contributed by atoms with Crippen molar-refractivity contribution in [2.45, 2.75) is 19.4 Å². The van der Waals surface area contributed by atoms with Crippen molar-refractivity contribution in [2.75, 3.05) is 12.5 Å². The Morgan fingerprint density at radius 3 is 2.65 bits per heavy atom. The molecule has 0 saturated carbocycles. The lowest BCUT2D eigenvalue weighted by Gasteiger charge is -2.17. The van der Waals surface area contributed by atoms with Gasteiger partial charge in [-0.2, -0.15) is 0 Å². The fraction of sp³-hybridized carbons (Fsp3) is 0.333. The molecule has 0 saturated heterocycles. The van der Waals surface area contributed by atoms with E-state index in [1.807, 2.05) is 37.3 Å². The quantitative estimate of drug-likeness (QED) is 0.769. The molecule has 1 heterocycles. The molecule has 1 aromatic heterocycles. The van der Waals surface area contributed by atoms with Crippen LogP contribution in [0.15, 0.2) is 47.3 Å². The average molecular weight is 293 g/mol. The van der Waals surface area contributed by atoms with Crippen molar-refractivity contribution in [2.24, 2.45) is 0 Å². The van der Waals surface area contributed by atoms with Gasteiger partial charge in [0, 0.05) is 18.0 Å². The number of alkyl halides is 1. The molecule has 20 heavy (non-hydrogen) atoms. The summed E-state index contributed by atoms with van der Waals surface area (Å²) in [5.74, 6) is 0.714. The molecule has 2 rings (SSSR count). The van der Waals surface area contributed by atoms with Gasteiger partial charge in [-0.05, 0) is 12.0 Å². The summed E-state index contributed by atoms with van der Waals surface area (Å²) in [5, 5.41) is 4.25. The minimum absolute atomic E-state index is 0.191. The van der Waals surface area contributed by atoms with Crippen LogP contribution in [0.4, 0.5) is 0 Å². The molecule has 0 bridgehead atoms. The normalized spacial score (nSPS) is 12.1. The molecule has 0 radical (unpaired) electrons. The van der Waals surface area contributed by atoms with Crippen molar-refractivity contribution in [3.05, 3.63) is 58.4 Å². The number of ether oxygens (including phenoxy) is 1. The predicted molar refractivity (Wildman–Crippen MR) is 79.6 cm³/mol. The van der Waals surface area contributed by atoms with E-state index in [0.29, 0.717) is 12.5 Å². The number of aromatic nitrogens is 2. The summed E-state index contributed by atoms with van der Waals surface area (Å²) >= 11 is 6.02. The van der Waals surface area contributed by atoms with Crippen molar-refractivity contribution in [1.82, 2.24) is 9.78 Å². The average Bonchev–Trinajstić information content (AvgIpc) is 2.49. The molecule has 2 aromatic rings. The van der Waals surface area contributed by atoms with Crippen LogP contribution < -0.4 is 10.3 Å². The highest BCUT2D eigenvalue weighted by atomic mass is 35.5. The van der Waals surface area contributed by atoms with E-state index in [0.717, 1.165) is 12.0 Å². The van der Waals surface area contributed by atoms with Gasteiger partial charge in [0.1, 0.15) is 0 Å². The Hall–Kier alpha value is -1.81.